The molecule has 44 heavy (non-hydrogen) atoms. The number of carbonyl (C=O) groups is 5. The molecule has 6 rings (SSSR count). The molecule has 1 aromatic carbocycles. The summed E-state index contributed by atoms with van der Waals surface area (Å²) >= 11 is 0. The lowest BCUT2D eigenvalue weighted by Crippen LogP contribution is -2.74. The van der Waals surface area contributed by atoms with Gasteiger partial charge in [0.2, 0.25) is 5.91 Å². The Balaban J connectivity index is 1.39. The lowest BCUT2D eigenvalue weighted by atomic mass is 9.52. The third kappa shape index (κ3) is 4.53. The van der Waals surface area contributed by atoms with Crippen molar-refractivity contribution in [2.24, 2.45) is 41.2 Å². The molecule has 0 bridgehead atoms. The highest BCUT2D eigenvalue weighted by atomic mass is 16.3. The van der Waals surface area contributed by atoms with Gasteiger partial charge in [-0.3, -0.25) is 33.8 Å². The molecule has 4 aliphatic carbocycles. The quantitative estimate of drug-likeness (QED) is 0.411. The molecule has 0 aromatic heterocycles. The number of aliphatic hydroxyl groups is 1. The topological polar surface area (TPSA) is 162 Å². The molecular weight excluding hydrogens is 564 g/mol. The highest BCUT2D eigenvalue weighted by molar-refractivity contribution is 6.32. The number of anilines is 1. The lowest BCUT2D eigenvalue weighted by Gasteiger charge is -2.52. The van der Waals surface area contributed by atoms with Crippen molar-refractivity contribution in [1.82, 2.24) is 9.80 Å². The van der Waals surface area contributed by atoms with Gasteiger partial charge in [-0.05, 0) is 75.7 Å². The zero-order valence-corrected chi connectivity index (χ0v) is 26.0. The molecule has 0 radical (unpaired) electrons. The van der Waals surface area contributed by atoms with Crippen molar-refractivity contribution in [2.45, 2.75) is 63.1 Å². The van der Waals surface area contributed by atoms with Gasteiger partial charge in [0.1, 0.15) is 5.75 Å². The fourth-order valence-electron chi connectivity index (χ4n) is 9.29. The summed E-state index contributed by atoms with van der Waals surface area (Å²) in [6.07, 6.45) is 6.43. The van der Waals surface area contributed by atoms with E-state index in [4.69, 9.17) is 5.73 Å². The van der Waals surface area contributed by atoms with Crippen molar-refractivity contribution >= 4 is 34.7 Å². The largest absolute Gasteiger partial charge is 0.507 e. The second-order valence-electron chi connectivity index (χ2n) is 14.3. The lowest BCUT2D eigenvalue weighted by molar-refractivity contribution is -0.181. The van der Waals surface area contributed by atoms with E-state index >= 15 is 0 Å². The van der Waals surface area contributed by atoms with Crippen LogP contribution in [0.15, 0.2) is 6.07 Å². The van der Waals surface area contributed by atoms with Crippen LogP contribution in [0.5, 0.6) is 5.75 Å². The number of hydrogen-bond acceptors (Lipinski definition) is 10. The number of aromatic hydroxyl groups is 1. The maximum Gasteiger partial charge on any atom is 0.235 e. The molecule has 1 aromatic rings. The van der Waals surface area contributed by atoms with Crippen LogP contribution in [0, 0.1) is 35.5 Å². The van der Waals surface area contributed by atoms with Gasteiger partial charge in [-0.25, -0.2) is 0 Å². The van der Waals surface area contributed by atoms with Gasteiger partial charge >= 0.3 is 0 Å². The van der Waals surface area contributed by atoms with Crippen molar-refractivity contribution in [3.8, 4) is 5.75 Å². The SMILES string of the molecule is CN(C)c1cc(CN2CCC3CCCCC3C2)c(O)c2c1CC1CC3[C@H](N(C)C)C(=O)C(C(N)=O)C(=O)[C@@]3(O)C(=O)C1C2=O. The summed E-state index contributed by atoms with van der Waals surface area (Å²) in [6.45, 7) is 2.32. The average molecular weight is 609 g/mol. The van der Waals surface area contributed by atoms with E-state index in [0.29, 0.717) is 23.6 Å². The van der Waals surface area contributed by atoms with Crippen LogP contribution in [0.3, 0.4) is 0 Å². The van der Waals surface area contributed by atoms with E-state index in [2.05, 4.69) is 4.90 Å². The summed E-state index contributed by atoms with van der Waals surface area (Å²) in [5.74, 6) is -8.78. The number of carbonyl (C=O) groups excluding carboxylic acids is 5. The number of amides is 1. The van der Waals surface area contributed by atoms with Gasteiger partial charge in [-0.15, -0.1) is 0 Å². The van der Waals surface area contributed by atoms with Crippen molar-refractivity contribution in [2.75, 3.05) is 46.2 Å². The number of rotatable bonds is 5. The third-order valence-corrected chi connectivity index (χ3v) is 11.4. The Kier molecular flexibility index (Phi) is 7.73. The fourth-order valence-corrected chi connectivity index (χ4v) is 9.29. The number of Topliss-reactive ketones (excluding diaryl/α,β-unsaturated/α-hetero) is 4. The number of phenolic OH excluding ortho intramolecular Hbond substituents is 1. The van der Waals surface area contributed by atoms with E-state index in [0.717, 1.165) is 31.1 Å². The third-order valence-electron chi connectivity index (χ3n) is 11.4. The number of primary amides is 1. The van der Waals surface area contributed by atoms with Crippen LogP contribution >= 0.6 is 0 Å². The van der Waals surface area contributed by atoms with Gasteiger partial charge in [0.15, 0.2) is 34.7 Å². The van der Waals surface area contributed by atoms with Crippen LogP contribution < -0.4 is 10.6 Å². The number of nitrogens with two attached hydrogens (primary N) is 1. The highest BCUT2D eigenvalue weighted by Crippen LogP contribution is 2.52. The van der Waals surface area contributed by atoms with Crippen molar-refractivity contribution in [3.05, 3.63) is 22.8 Å². The average Bonchev–Trinajstić information content (AvgIpc) is 2.95. The Morgan fingerprint density at radius 3 is 2.34 bits per heavy atom. The number of nitrogens with zero attached hydrogens (tertiary/aromatic N) is 3. The van der Waals surface area contributed by atoms with Crippen molar-refractivity contribution in [1.29, 1.82) is 0 Å². The van der Waals surface area contributed by atoms with Gasteiger partial charge < -0.3 is 20.8 Å². The molecule has 4 N–H and O–H groups in total. The Morgan fingerprint density at radius 1 is 1.02 bits per heavy atom. The molecule has 4 fully saturated rings. The first-order valence-corrected chi connectivity index (χ1v) is 15.9. The number of piperidine rings is 1. The van der Waals surface area contributed by atoms with Gasteiger partial charge in [-0.2, -0.15) is 0 Å². The van der Waals surface area contributed by atoms with Gasteiger partial charge in [0.25, 0.3) is 0 Å². The Hall–Kier alpha value is -3.15. The van der Waals surface area contributed by atoms with E-state index in [9.17, 15) is 34.2 Å². The van der Waals surface area contributed by atoms with Crippen LogP contribution in [-0.4, -0.2) is 102 Å². The van der Waals surface area contributed by atoms with E-state index in [1.165, 1.54) is 30.6 Å². The molecule has 5 aliphatic rings. The summed E-state index contributed by atoms with van der Waals surface area (Å²) in [7, 11) is 6.90. The second-order valence-corrected chi connectivity index (χ2v) is 14.3. The molecule has 238 valence electrons. The number of hydrogen-bond donors (Lipinski definition) is 3. The molecule has 0 spiro atoms. The standard InChI is InChI=1S/C33H44N4O7/c1-35(2)22-13-19(15-37-10-9-16-7-5-6-8-17(16)14-37)27(38)24-20(22)11-18-12-21-26(36(3)4)29(40)25(32(34)43)31(42)33(21,44)30(41)23(18)28(24)39/h13,16-18,21,23,25-26,38,44H,5-12,14-15H2,1-4H3,(H2,34,43)/t16?,17?,18?,21?,23?,25?,26-,33-/m0/s1. The predicted molar refractivity (Wildman–Crippen MR) is 161 cm³/mol. The predicted octanol–water partition coefficient (Wildman–Crippen LogP) is 0.945. The van der Waals surface area contributed by atoms with Crippen LogP contribution in [0.25, 0.3) is 0 Å². The summed E-state index contributed by atoms with van der Waals surface area (Å²) < 4.78 is 0. The van der Waals surface area contributed by atoms with E-state index in [-0.39, 0.29) is 24.2 Å². The summed E-state index contributed by atoms with van der Waals surface area (Å²) in [5.41, 5.74) is 4.76. The smallest absolute Gasteiger partial charge is 0.235 e. The first kappa shape index (κ1) is 30.9. The minimum atomic E-state index is -2.72. The van der Waals surface area contributed by atoms with Crippen LogP contribution in [0.4, 0.5) is 5.69 Å². The molecule has 3 saturated carbocycles. The molecular formula is C33H44N4O7. The van der Waals surface area contributed by atoms with E-state index in [1.54, 1.807) is 14.1 Å². The molecule has 11 heteroatoms. The minimum Gasteiger partial charge on any atom is -0.507 e. The molecule has 1 aliphatic heterocycles. The monoisotopic (exact) mass is 608 g/mol. The first-order chi connectivity index (χ1) is 20.8. The fraction of sp³-hybridized carbons (Fsp3) is 0.667. The van der Waals surface area contributed by atoms with Crippen LogP contribution in [0.2, 0.25) is 0 Å². The molecule has 11 nitrogen and oxygen atoms in total. The van der Waals surface area contributed by atoms with Gasteiger partial charge in [-0.1, -0.05) is 19.3 Å². The summed E-state index contributed by atoms with van der Waals surface area (Å²) in [4.78, 5) is 73.3. The number of benzene rings is 1. The maximum absolute atomic E-state index is 14.3. The Bertz CT molecular complexity index is 1440. The Labute approximate surface area is 257 Å². The van der Waals surface area contributed by atoms with Crippen molar-refractivity contribution in [3.63, 3.8) is 0 Å². The molecule has 8 atom stereocenters. The second kappa shape index (κ2) is 11.0. The summed E-state index contributed by atoms with van der Waals surface area (Å²) in [6, 6.07) is 0.817. The number of likely N-dealkylation sites (N-methyl/N-ethyl adjacent to an activating group) is 1. The van der Waals surface area contributed by atoms with Crippen molar-refractivity contribution < 1.29 is 34.2 Å². The number of ketones is 4. The minimum absolute atomic E-state index is 0.0373. The number of phenols is 1. The molecule has 1 heterocycles. The van der Waals surface area contributed by atoms with Crippen LogP contribution in [0.1, 0.15) is 60.0 Å². The normalized spacial score (nSPS) is 35.5. The van der Waals surface area contributed by atoms with Gasteiger partial charge in [0, 0.05) is 44.4 Å². The van der Waals surface area contributed by atoms with Crippen LogP contribution in [-0.2, 0) is 32.1 Å². The van der Waals surface area contributed by atoms with E-state index in [1.807, 2.05) is 25.1 Å². The Morgan fingerprint density at radius 2 is 1.70 bits per heavy atom. The summed E-state index contributed by atoms with van der Waals surface area (Å²) in [5, 5.41) is 23.5. The molecule has 1 saturated heterocycles. The number of likely N-dealkylation sites (tertiary alicyclic amines) is 1. The van der Waals surface area contributed by atoms with Gasteiger partial charge in [0.05, 0.1) is 17.5 Å². The molecule has 1 amide bonds. The first-order valence-electron chi connectivity index (χ1n) is 15.9. The number of fused-ring (bicyclic) bond motifs is 4. The van der Waals surface area contributed by atoms with E-state index < -0.39 is 64.4 Å². The zero-order valence-electron chi connectivity index (χ0n) is 26.0. The molecule has 6 unspecified atom stereocenters. The maximum atomic E-state index is 14.3. The zero-order chi connectivity index (χ0) is 31.8. The highest BCUT2D eigenvalue weighted by Gasteiger charge is 2.69.